The second-order valence-electron chi connectivity index (χ2n) is 10.5. The molecule has 0 saturated carbocycles. The van der Waals surface area contributed by atoms with Crippen LogP contribution in [-0.4, -0.2) is 19.6 Å². The molecule has 0 saturated heterocycles. The largest absolute Gasteiger partial charge is 2.00 e. The minimum Gasteiger partial charge on any atom is -0.284 e. The summed E-state index contributed by atoms with van der Waals surface area (Å²) in [6, 6.07) is 10.6. The summed E-state index contributed by atoms with van der Waals surface area (Å²) in [5, 5.41) is 9.22. The molecule has 36 heavy (non-hydrogen) atoms. The number of fused-ring (bicyclic) bond motifs is 10. The van der Waals surface area contributed by atoms with Crippen LogP contribution in [0, 0.1) is 35.4 Å². The minimum absolute atomic E-state index is 0. The van der Waals surface area contributed by atoms with Crippen LogP contribution < -0.4 is 0 Å². The summed E-state index contributed by atoms with van der Waals surface area (Å²) in [4.78, 5) is 0. The average molecular weight is 676 g/mol. The van der Waals surface area contributed by atoms with Gasteiger partial charge in [0.2, 0.25) is 0 Å². The molecule has 0 aliphatic carbocycles. The molecule has 5 rings (SSSR count). The van der Waals surface area contributed by atoms with Crippen LogP contribution in [0.4, 0.5) is 17.6 Å². The second kappa shape index (κ2) is 8.40. The van der Waals surface area contributed by atoms with Crippen molar-refractivity contribution < 1.29 is 38.6 Å². The Balaban J connectivity index is 0.00000304. The topological polar surface area (TPSA) is 35.6 Å². The first-order chi connectivity index (χ1) is 16.2. The van der Waals surface area contributed by atoms with Gasteiger partial charge >= 0.3 is 21.1 Å². The zero-order chi connectivity index (χ0) is 25.5. The Morgan fingerprint density at radius 1 is 0.639 bits per heavy atom. The monoisotopic (exact) mass is 675 g/mol. The van der Waals surface area contributed by atoms with Crippen LogP contribution >= 0.6 is 0 Å². The molecular formula is C27H24F4N4Pt. The summed E-state index contributed by atoms with van der Waals surface area (Å²) in [7, 11) is 0. The molecule has 0 spiro atoms. The van der Waals surface area contributed by atoms with Crippen molar-refractivity contribution in [2.24, 2.45) is 0 Å². The van der Waals surface area contributed by atoms with Gasteiger partial charge in [-0.05, 0) is 28.9 Å². The van der Waals surface area contributed by atoms with Gasteiger partial charge in [-0.3, -0.25) is 26.9 Å². The van der Waals surface area contributed by atoms with Crippen LogP contribution in [0.1, 0.15) is 64.1 Å². The van der Waals surface area contributed by atoms with Crippen molar-refractivity contribution >= 4 is 0 Å². The van der Waals surface area contributed by atoms with Crippen molar-refractivity contribution in [3.05, 3.63) is 94.6 Å². The summed E-state index contributed by atoms with van der Waals surface area (Å²) >= 11 is 0. The molecule has 3 heterocycles. The minimum atomic E-state index is -1.39. The zero-order valence-electron chi connectivity index (χ0n) is 20.6. The Morgan fingerprint density at radius 3 is 1.36 bits per heavy atom. The van der Waals surface area contributed by atoms with Crippen molar-refractivity contribution in [1.82, 2.24) is 19.6 Å². The fraction of sp³-hybridized carbons (Fsp3) is 0.333. The molecule has 0 N–H and O–H groups in total. The standard InChI is InChI=1S/C27H24F4N4.Pt/c1-25(2)15-11-21(19(30)13-17(15)28)34-9-7-23(32-34)26(3,4)27(5,6)24-8-10-35(33-24)22-12-16(25)18(29)14-20(22)31;/h7-10,13-14H,1-6H3;/q-2;+2. The van der Waals surface area contributed by atoms with E-state index < -0.39 is 39.5 Å². The quantitative estimate of drug-likeness (QED) is 0.167. The number of rotatable bonds is 0. The van der Waals surface area contributed by atoms with Gasteiger partial charge < -0.3 is 0 Å². The zero-order valence-corrected chi connectivity index (χ0v) is 22.9. The Labute approximate surface area is 221 Å². The maximum absolute atomic E-state index is 15.1. The van der Waals surface area contributed by atoms with Crippen molar-refractivity contribution in [3.8, 4) is 11.4 Å². The van der Waals surface area contributed by atoms with Gasteiger partial charge in [-0.25, -0.2) is 0 Å². The molecule has 4 nitrogen and oxygen atoms in total. The molecule has 4 aromatic rings. The number of nitrogens with zero attached hydrogens (tertiary/aromatic N) is 4. The first-order valence-corrected chi connectivity index (χ1v) is 11.2. The summed E-state index contributed by atoms with van der Waals surface area (Å²) in [6.07, 6.45) is 3.17. The molecule has 0 unspecified atom stereocenters. The van der Waals surface area contributed by atoms with Gasteiger partial charge in [-0.2, -0.15) is 10.2 Å². The maximum atomic E-state index is 15.1. The van der Waals surface area contributed by atoms with Gasteiger partial charge in [0, 0.05) is 46.5 Å². The molecule has 0 amide bonds. The van der Waals surface area contributed by atoms with E-state index in [4.69, 9.17) is 0 Å². The number of hydrogen-bond acceptors (Lipinski definition) is 2. The van der Waals surface area contributed by atoms with Gasteiger partial charge in [0.1, 0.15) is 0 Å². The third-order valence-electron chi connectivity index (χ3n) is 7.65. The van der Waals surface area contributed by atoms with E-state index in [1.165, 1.54) is 9.36 Å². The summed E-state index contributed by atoms with van der Waals surface area (Å²) in [5.41, 5.74) is -1.71. The molecule has 190 valence electrons. The van der Waals surface area contributed by atoms with Crippen LogP contribution in [0.15, 0.2) is 36.7 Å². The Kier molecular flexibility index (Phi) is 6.15. The molecule has 0 radical (unpaired) electrons. The van der Waals surface area contributed by atoms with Crippen LogP contribution in [0.25, 0.3) is 11.4 Å². The predicted octanol–water partition coefficient (Wildman–Crippen LogP) is 6.11. The van der Waals surface area contributed by atoms with Gasteiger partial charge in [-0.15, -0.1) is 35.4 Å². The molecule has 0 fully saturated rings. The first kappa shape index (κ1) is 26.3. The third-order valence-corrected chi connectivity index (χ3v) is 7.65. The molecule has 1 aliphatic rings. The van der Waals surface area contributed by atoms with E-state index in [1.807, 2.05) is 27.7 Å². The average Bonchev–Trinajstić information content (AvgIpc) is 3.43. The second-order valence-corrected chi connectivity index (χ2v) is 10.5. The summed E-state index contributed by atoms with van der Waals surface area (Å²) in [5.74, 6) is -3.54. The number of hydrogen-bond donors (Lipinski definition) is 0. The van der Waals surface area contributed by atoms with Crippen molar-refractivity contribution in [1.29, 1.82) is 0 Å². The maximum Gasteiger partial charge on any atom is 2.00 e. The Morgan fingerprint density at radius 2 is 1.00 bits per heavy atom. The van der Waals surface area contributed by atoms with E-state index >= 15 is 8.78 Å². The van der Waals surface area contributed by atoms with Crippen molar-refractivity contribution in [2.45, 2.75) is 57.8 Å². The third kappa shape index (κ3) is 3.68. The molecule has 2 aromatic heterocycles. The molecule has 2 aromatic carbocycles. The van der Waals surface area contributed by atoms with Gasteiger partial charge in [0.05, 0.1) is 11.4 Å². The first-order valence-electron chi connectivity index (χ1n) is 11.2. The van der Waals surface area contributed by atoms with Gasteiger partial charge in [0.25, 0.3) is 0 Å². The van der Waals surface area contributed by atoms with Crippen molar-refractivity contribution in [2.75, 3.05) is 0 Å². The van der Waals surface area contributed by atoms with E-state index in [2.05, 4.69) is 22.3 Å². The van der Waals surface area contributed by atoms with Crippen LogP contribution in [0.3, 0.4) is 0 Å². The predicted molar refractivity (Wildman–Crippen MR) is 123 cm³/mol. The fourth-order valence-electron chi connectivity index (χ4n) is 4.55. The van der Waals surface area contributed by atoms with Crippen LogP contribution in [0.5, 0.6) is 0 Å². The van der Waals surface area contributed by atoms with Gasteiger partial charge in [0.15, 0.2) is 0 Å². The number of aromatic nitrogens is 4. The van der Waals surface area contributed by atoms with E-state index in [-0.39, 0.29) is 43.6 Å². The van der Waals surface area contributed by atoms with E-state index in [9.17, 15) is 8.78 Å². The van der Waals surface area contributed by atoms with E-state index in [0.29, 0.717) is 11.4 Å². The van der Waals surface area contributed by atoms with Gasteiger partial charge in [-0.1, -0.05) is 41.5 Å². The summed E-state index contributed by atoms with van der Waals surface area (Å²) < 4.78 is 62.7. The Bertz CT molecular complexity index is 1370. The molecule has 8 bridgehead atoms. The Hall–Kier alpha value is -2.73. The van der Waals surface area contributed by atoms with E-state index in [1.54, 1.807) is 38.4 Å². The van der Waals surface area contributed by atoms with Crippen LogP contribution in [-0.2, 0) is 37.3 Å². The smallest absolute Gasteiger partial charge is 0.284 e. The molecule has 9 heteroatoms. The normalized spacial score (nSPS) is 17.1. The van der Waals surface area contributed by atoms with E-state index in [0.717, 1.165) is 12.1 Å². The van der Waals surface area contributed by atoms with Crippen LogP contribution in [0.2, 0.25) is 0 Å². The SMILES string of the molecule is CC1(C)c2[c-]c(c(F)cc2F)-n2ccc(n2)C(C)(C)C(C)(C)c2ccn(n2)-c2[c-]c1c(F)cc2F.[Pt+2]. The molecule has 1 aliphatic heterocycles. The number of benzene rings is 2. The summed E-state index contributed by atoms with van der Waals surface area (Å²) in [6.45, 7) is 11.0. The fourth-order valence-corrected chi connectivity index (χ4v) is 4.55. The molecule has 0 atom stereocenters. The van der Waals surface area contributed by atoms with Crippen molar-refractivity contribution in [3.63, 3.8) is 0 Å². The number of halogens is 4. The molecular weight excluding hydrogens is 651 g/mol.